The fourth-order valence-corrected chi connectivity index (χ4v) is 2.33. The molecule has 0 bridgehead atoms. The van der Waals surface area contributed by atoms with Crippen molar-refractivity contribution in [2.75, 3.05) is 6.54 Å². The number of aromatic nitrogens is 1. The molecule has 0 spiro atoms. The van der Waals surface area contributed by atoms with E-state index in [1.54, 1.807) is 24.4 Å². The molecule has 1 atom stereocenters. The number of rotatable bonds is 5. The minimum Gasteiger partial charge on any atom is -0.387 e. The largest absolute Gasteiger partial charge is 0.387 e. The van der Waals surface area contributed by atoms with Crippen molar-refractivity contribution in [1.82, 2.24) is 10.3 Å². The summed E-state index contributed by atoms with van der Waals surface area (Å²) in [6.45, 7) is 2.99. The second kappa shape index (κ2) is 7.04. The Hall–Kier alpha value is -1.13. The first kappa shape index (κ1) is 15.3. The summed E-state index contributed by atoms with van der Waals surface area (Å²) in [5.41, 5.74) is 2.72. The average molecular weight is 311 g/mol. The molecule has 0 radical (unpaired) electrons. The summed E-state index contributed by atoms with van der Waals surface area (Å²) in [4.78, 5) is 4.29. The number of aryl methyl sites for hydroxylation is 1. The summed E-state index contributed by atoms with van der Waals surface area (Å²) < 4.78 is 0. The van der Waals surface area contributed by atoms with E-state index in [4.69, 9.17) is 23.2 Å². The van der Waals surface area contributed by atoms with Gasteiger partial charge < -0.3 is 10.4 Å². The average Bonchev–Trinajstić information content (AvgIpc) is 2.43. The molecule has 2 N–H and O–H groups in total. The van der Waals surface area contributed by atoms with Gasteiger partial charge in [0.15, 0.2) is 0 Å². The summed E-state index contributed by atoms with van der Waals surface area (Å²) in [5, 5.41) is 14.4. The van der Waals surface area contributed by atoms with Gasteiger partial charge >= 0.3 is 0 Å². The third-order valence-electron chi connectivity index (χ3n) is 3.07. The predicted octanol–water partition coefficient (Wildman–Crippen LogP) is 3.52. The van der Waals surface area contributed by atoms with Gasteiger partial charge in [0.25, 0.3) is 0 Å². The fourth-order valence-electron chi connectivity index (χ4n) is 1.91. The van der Waals surface area contributed by atoms with Crippen LogP contribution in [-0.4, -0.2) is 16.6 Å². The fraction of sp³-hybridized carbons (Fsp3) is 0.267. The summed E-state index contributed by atoms with van der Waals surface area (Å²) in [5.74, 6) is 0. The number of pyridine rings is 1. The van der Waals surface area contributed by atoms with Crippen molar-refractivity contribution < 1.29 is 5.11 Å². The van der Waals surface area contributed by atoms with Gasteiger partial charge in [-0.1, -0.05) is 29.3 Å². The van der Waals surface area contributed by atoms with Crippen LogP contribution in [0.15, 0.2) is 36.5 Å². The lowest BCUT2D eigenvalue weighted by atomic mass is 10.1. The van der Waals surface area contributed by atoms with Gasteiger partial charge in [0.2, 0.25) is 0 Å². The van der Waals surface area contributed by atoms with Crippen molar-refractivity contribution in [1.29, 1.82) is 0 Å². The lowest BCUT2D eigenvalue weighted by molar-refractivity contribution is 0.174. The first-order chi connectivity index (χ1) is 9.58. The molecule has 2 aromatic rings. The molecule has 1 aromatic carbocycles. The predicted molar refractivity (Wildman–Crippen MR) is 82.1 cm³/mol. The molecule has 1 unspecified atom stereocenters. The van der Waals surface area contributed by atoms with Gasteiger partial charge in [-0.25, -0.2) is 0 Å². The zero-order valence-corrected chi connectivity index (χ0v) is 12.6. The summed E-state index contributed by atoms with van der Waals surface area (Å²) >= 11 is 12.0. The number of nitrogens with one attached hydrogen (secondary N) is 1. The molecular formula is C15H16Cl2N2O. The number of aliphatic hydroxyl groups is 1. The molecule has 3 nitrogen and oxygen atoms in total. The molecule has 0 fully saturated rings. The molecule has 0 aliphatic heterocycles. The second-order valence-corrected chi connectivity index (χ2v) is 5.42. The van der Waals surface area contributed by atoms with Gasteiger partial charge in [0, 0.05) is 34.9 Å². The Morgan fingerprint density at radius 1 is 1.30 bits per heavy atom. The van der Waals surface area contributed by atoms with E-state index in [0.717, 1.165) is 11.3 Å². The smallest absolute Gasteiger partial charge is 0.0929 e. The topological polar surface area (TPSA) is 45.2 Å². The number of nitrogens with zero attached hydrogens (tertiary/aromatic N) is 1. The molecule has 1 heterocycles. The second-order valence-electron chi connectivity index (χ2n) is 4.58. The Morgan fingerprint density at radius 3 is 2.85 bits per heavy atom. The number of halogens is 2. The van der Waals surface area contributed by atoms with E-state index in [2.05, 4.69) is 10.3 Å². The third kappa shape index (κ3) is 3.93. The number of hydrogen-bond acceptors (Lipinski definition) is 3. The summed E-state index contributed by atoms with van der Waals surface area (Å²) in [6, 6.07) is 8.98. The molecule has 0 saturated heterocycles. The molecule has 0 amide bonds. The van der Waals surface area contributed by atoms with Crippen molar-refractivity contribution >= 4 is 23.2 Å². The van der Waals surface area contributed by atoms with E-state index in [1.165, 1.54) is 0 Å². The zero-order valence-electron chi connectivity index (χ0n) is 11.1. The molecule has 1 aromatic heterocycles. The molecule has 0 aliphatic rings. The first-order valence-electron chi connectivity index (χ1n) is 6.32. The Labute approximate surface area is 128 Å². The van der Waals surface area contributed by atoms with Gasteiger partial charge in [-0.2, -0.15) is 0 Å². The van der Waals surface area contributed by atoms with Crippen LogP contribution in [0.1, 0.15) is 22.9 Å². The Kier molecular flexibility index (Phi) is 5.38. The highest BCUT2D eigenvalue weighted by Gasteiger charge is 2.12. The van der Waals surface area contributed by atoms with E-state index < -0.39 is 6.10 Å². The Balaban J connectivity index is 1.94. The van der Waals surface area contributed by atoms with E-state index in [1.807, 2.05) is 19.1 Å². The maximum Gasteiger partial charge on any atom is 0.0929 e. The van der Waals surface area contributed by atoms with Crippen LogP contribution < -0.4 is 5.32 Å². The normalized spacial score (nSPS) is 12.4. The van der Waals surface area contributed by atoms with Crippen molar-refractivity contribution in [3.63, 3.8) is 0 Å². The standard InChI is InChI=1S/C15H16Cl2N2O/c1-10-3-2-6-19-14(10)8-18-9-15(20)12-7-11(16)4-5-13(12)17/h2-7,15,18,20H,8-9H2,1H3. The molecule has 0 saturated carbocycles. The molecule has 106 valence electrons. The van der Waals surface area contributed by atoms with Crippen LogP contribution in [0.25, 0.3) is 0 Å². The van der Waals surface area contributed by atoms with E-state index >= 15 is 0 Å². The van der Waals surface area contributed by atoms with Crippen molar-refractivity contribution in [2.45, 2.75) is 19.6 Å². The van der Waals surface area contributed by atoms with Gasteiger partial charge in [-0.3, -0.25) is 4.98 Å². The number of aliphatic hydroxyl groups excluding tert-OH is 1. The van der Waals surface area contributed by atoms with Gasteiger partial charge in [0.05, 0.1) is 11.8 Å². The Bertz CT molecular complexity index is 590. The molecular weight excluding hydrogens is 295 g/mol. The highest BCUT2D eigenvalue weighted by atomic mass is 35.5. The van der Waals surface area contributed by atoms with E-state index in [-0.39, 0.29) is 0 Å². The number of benzene rings is 1. The van der Waals surface area contributed by atoms with Gasteiger partial charge in [-0.05, 0) is 36.8 Å². The van der Waals surface area contributed by atoms with Crippen molar-refractivity contribution in [3.05, 3.63) is 63.4 Å². The summed E-state index contributed by atoms with van der Waals surface area (Å²) in [7, 11) is 0. The third-order valence-corrected chi connectivity index (χ3v) is 3.64. The van der Waals surface area contributed by atoms with E-state index in [0.29, 0.717) is 28.7 Å². The molecule has 20 heavy (non-hydrogen) atoms. The number of hydrogen-bond donors (Lipinski definition) is 2. The van der Waals surface area contributed by atoms with Crippen LogP contribution in [0.2, 0.25) is 10.0 Å². The van der Waals surface area contributed by atoms with Gasteiger partial charge in [0.1, 0.15) is 0 Å². The van der Waals surface area contributed by atoms with Crippen molar-refractivity contribution in [3.8, 4) is 0 Å². The first-order valence-corrected chi connectivity index (χ1v) is 7.07. The van der Waals surface area contributed by atoms with Crippen molar-refractivity contribution in [2.24, 2.45) is 0 Å². The van der Waals surface area contributed by atoms with Crippen LogP contribution in [0.5, 0.6) is 0 Å². The highest BCUT2D eigenvalue weighted by molar-refractivity contribution is 6.33. The Morgan fingerprint density at radius 2 is 2.10 bits per heavy atom. The lowest BCUT2D eigenvalue weighted by Gasteiger charge is -2.14. The minimum absolute atomic E-state index is 0.385. The van der Waals surface area contributed by atoms with Crippen LogP contribution in [0.3, 0.4) is 0 Å². The maximum absolute atomic E-state index is 10.1. The molecule has 2 rings (SSSR count). The van der Waals surface area contributed by atoms with Gasteiger partial charge in [-0.15, -0.1) is 0 Å². The highest BCUT2D eigenvalue weighted by Crippen LogP contribution is 2.26. The van der Waals surface area contributed by atoms with Crippen LogP contribution >= 0.6 is 23.2 Å². The van der Waals surface area contributed by atoms with Crippen LogP contribution in [0.4, 0.5) is 0 Å². The van der Waals surface area contributed by atoms with Crippen LogP contribution in [0, 0.1) is 6.92 Å². The van der Waals surface area contributed by atoms with Crippen LogP contribution in [-0.2, 0) is 6.54 Å². The van der Waals surface area contributed by atoms with E-state index in [9.17, 15) is 5.11 Å². The maximum atomic E-state index is 10.1. The minimum atomic E-state index is -0.704. The zero-order chi connectivity index (χ0) is 14.5. The quantitative estimate of drug-likeness (QED) is 0.888. The molecule has 5 heteroatoms. The lowest BCUT2D eigenvalue weighted by Crippen LogP contribution is -2.22. The molecule has 0 aliphatic carbocycles. The monoisotopic (exact) mass is 310 g/mol. The summed E-state index contributed by atoms with van der Waals surface area (Å²) in [6.07, 6.45) is 1.05. The SMILES string of the molecule is Cc1cccnc1CNCC(O)c1cc(Cl)ccc1Cl.